The third-order valence-electron chi connectivity index (χ3n) is 0. The summed E-state index contributed by atoms with van der Waals surface area (Å²) in [4.78, 5) is 0. The molecule has 0 spiro atoms. The fraction of sp³-hybridized carbons (Fsp3) is 0.333. The molecular formula is C3H4Ag. The third-order valence-corrected chi connectivity index (χ3v) is 0. The van der Waals surface area contributed by atoms with Gasteiger partial charge in [0.05, 0.1) is 0 Å². The van der Waals surface area contributed by atoms with Gasteiger partial charge in [-0.25, -0.2) is 0 Å². The van der Waals surface area contributed by atoms with Crippen molar-refractivity contribution >= 4 is 0 Å². The SMILES string of the molecule is C#CC.[Ag]. The first-order valence-electron chi connectivity index (χ1n) is 0.789. The van der Waals surface area contributed by atoms with Crippen LogP contribution in [0.2, 0.25) is 0 Å². The zero-order chi connectivity index (χ0) is 2.71. The van der Waals surface area contributed by atoms with Crippen molar-refractivity contribution in [3.63, 3.8) is 0 Å². The van der Waals surface area contributed by atoms with Crippen LogP contribution < -0.4 is 0 Å². The normalized spacial score (nSPS) is 2.00. The van der Waals surface area contributed by atoms with E-state index >= 15 is 0 Å². The van der Waals surface area contributed by atoms with Crippen molar-refractivity contribution in [1.29, 1.82) is 0 Å². The van der Waals surface area contributed by atoms with Gasteiger partial charge in [0.2, 0.25) is 0 Å². The summed E-state index contributed by atoms with van der Waals surface area (Å²) in [5.41, 5.74) is 0. The molecule has 0 fully saturated rings. The largest absolute Gasteiger partial charge is 0.120 e. The molecule has 0 unspecified atom stereocenters. The van der Waals surface area contributed by atoms with Gasteiger partial charge in [-0.2, -0.15) is 0 Å². The van der Waals surface area contributed by atoms with Crippen molar-refractivity contribution in [2.24, 2.45) is 0 Å². The van der Waals surface area contributed by atoms with Crippen LogP contribution in [0.15, 0.2) is 0 Å². The minimum atomic E-state index is 0. The quantitative estimate of drug-likeness (QED) is 0.349. The molecular weight excluding hydrogens is 144 g/mol. The Morgan fingerprint density at radius 3 is 1.75 bits per heavy atom. The molecule has 0 aliphatic heterocycles. The Kier molecular flexibility index (Phi) is 22.9. The zero-order valence-corrected chi connectivity index (χ0v) is 3.86. The van der Waals surface area contributed by atoms with Crippen molar-refractivity contribution in [2.75, 3.05) is 0 Å². The van der Waals surface area contributed by atoms with Gasteiger partial charge in [0, 0.05) is 22.4 Å². The van der Waals surface area contributed by atoms with Gasteiger partial charge in [0.25, 0.3) is 0 Å². The summed E-state index contributed by atoms with van der Waals surface area (Å²) < 4.78 is 0. The van der Waals surface area contributed by atoms with Crippen LogP contribution in [0.25, 0.3) is 0 Å². The molecule has 0 amide bonds. The van der Waals surface area contributed by atoms with Crippen LogP contribution in [0.1, 0.15) is 6.92 Å². The van der Waals surface area contributed by atoms with E-state index in [-0.39, 0.29) is 22.4 Å². The summed E-state index contributed by atoms with van der Waals surface area (Å²) in [7, 11) is 0. The zero-order valence-electron chi connectivity index (χ0n) is 2.38. The molecule has 0 N–H and O–H groups in total. The van der Waals surface area contributed by atoms with E-state index in [1.54, 1.807) is 6.92 Å². The molecule has 0 rings (SSSR count). The Bertz CT molecular complexity index is 24.8. The summed E-state index contributed by atoms with van der Waals surface area (Å²) in [5.74, 6) is 2.25. The van der Waals surface area contributed by atoms with Crippen LogP contribution in [-0.4, -0.2) is 0 Å². The monoisotopic (exact) mass is 147 g/mol. The minimum absolute atomic E-state index is 0. The van der Waals surface area contributed by atoms with E-state index in [1.165, 1.54) is 0 Å². The van der Waals surface area contributed by atoms with E-state index in [1.807, 2.05) is 0 Å². The second kappa shape index (κ2) is 10.3. The Balaban J connectivity index is 0. The molecule has 0 aliphatic carbocycles. The van der Waals surface area contributed by atoms with E-state index < -0.39 is 0 Å². The Labute approximate surface area is 42.1 Å². The summed E-state index contributed by atoms with van der Waals surface area (Å²) >= 11 is 0. The van der Waals surface area contributed by atoms with Crippen molar-refractivity contribution < 1.29 is 22.4 Å². The first-order valence-corrected chi connectivity index (χ1v) is 0.789. The molecule has 27 valence electrons. The number of hydrogen-bond acceptors (Lipinski definition) is 0. The van der Waals surface area contributed by atoms with Gasteiger partial charge in [-0.3, -0.25) is 0 Å². The molecule has 0 atom stereocenters. The Morgan fingerprint density at radius 2 is 1.75 bits per heavy atom. The van der Waals surface area contributed by atoms with Gasteiger partial charge in [0.1, 0.15) is 0 Å². The van der Waals surface area contributed by atoms with Crippen LogP contribution in [0.4, 0.5) is 0 Å². The van der Waals surface area contributed by atoms with Crippen molar-refractivity contribution in [3.05, 3.63) is 0 Å². The summed E-state index contributed by atoms with van der Waals surface area (Å²) in [5, 5.41) is 0. The summed E-state index contributed by atoms with van der Waals surface area (Å²) in [6.45, 7) is 1.65. The minimum Gasteiger partial charge on any atom is -0.120 e. The smallest absolute Gasteiger partial charge is 0 e. The van der Waals surface area contributed by atoms with Crippen molar-refractivity contribution in [1.82, 2.24) is 0 Å². The molecule has 0 saturated carbocycles. The number of terminal acetylenes is 1. The van der Waals surface area contributed by atoms with Gasteiger partial charge in [-0.05, 0) is 6.92 Å². The first-order chi connectivity index (χ1) is 1.41. The van der Waals surface area contributed by atoms with Gasteiger partial charge in [0.15, 0.2) is 0 Å². The van der Waals surface area contributed by atoms with Crippen LogP contribution >= 0.6 is 0 Å². The van der Waals surface area contributed by atoms with Crippen molar-refractivity contribution in [3.8, 4) is 12.3 Å². The predicted octanol–water partition coefficient (Wildman–Crippen LogP) is 0.637. The maximum Gasteiger partial charge on any atom is 0 e. The maximum absolute atomic E-state index is 4.60. The fourth-order valence-electron chi connectivity index (χ4n) is 0. The number of rotatable bonds is 0. The predicted molar refractivity (Wildman–Crippen MR) is 14.5 cm³/mol. The Morgan fingerprint density at radius 1 is 1.75 bits per heavy atom. The first kappa shape index (κ1) is 8.85. The van der Waals surface area contributed by atoms with E-state index in [0.29, 0.717) is 0 Å². The van der Waals surface area contributed by atoms with Crippen LogP contribution in [0.5, 0.6) is 0 Å². The van der Waals surface area contributed by atoms with Crippen LogP contribution in [-0.2, 0) is 22.4 Å². The maximum atomic E-state index is 4.60. The molecule has 0 aliphatic rings. The van der Waals surface area contributed by atoms with E-state index in [9.17, 15) is 0 Å². The fourth-order valence-corrected chi connectivity index (χ4v) is 0. The number of hydrogen-bond donors (Lipinski definition) is 0. The molecule has 1 heteroatoms. The van der Waals surface area contributed by atoms with E-state index in [4.69, 9.17) is 0 Å². The second-order valence-electron chi connectivity index (χ2n) is 0.289. The molecule has 1 radical (unpaired) electrons. The van der Waals surface area contributed by atoms with Gasteiger partial charge < -0.3 is 0 Å². The molecule has 0 nitrogen and oxygen atoms in total. The second-order valence-corrected chi connectivity index (χ2v) is 0.289. The molecule has 4 heavy (non-hydrogen) atoms. The van der Waals surface area contributed by atoms with Crippen LogP contribution in [0, 0.1) is 12.3 Å². The van der Waals surface area contributed by atoms with Gasteiger partial charge >= 0.3 is 0 Å². The molecule has 0 aromatic heterocycles. The average Bonchev–Trinajstić information content (AvgIpc) is 0.918. The molecule has 0 saturated heterocycles. The molecule has 0 aromatic carbocycles. The molecule has 0 heterocycles. The van der Waals surface area contributed by atoms with Crippen LogP contribution in [0.3, 0.4) is 0 Å². The Hall–Kier alpha value is 0.300. The molecule has 0 bridgehead atoms. The van der Waals surface area contributed by atoms with Gasteiger partial charge in [-0.1, -0.05) is 0 Å². The van der Waals surface area contributed by atoms with Gasteiger partial charge in [-0.15, -0.1) is 12.3 Å². The standard InChI is InChI=1S/C3H4.Ag/c1-3-2;/h1H,2H3;. The third kappa shape index (κ3) is 43.1. The topological polar surface area (TPSA) is 0 Å². The van der Waals surface area contributed by atoms with E-state index in [2.05, 4.69) is 12.3 Å². The molecule has 0 aromatic rings. The average molecular weight is 148 g/mol. The van der Waals surface area contributed by atoms with Crippen molar-refractivity contribution in [2.45, 2.75) is 6.92 Å². The van der Waals surface area contributed by atoms with E-state index in [0.717, 1.165) is 0 Å². The summed E-state index contributed by atoms with van der Waals surface area (Å²) in [6.07, 6.45) is 4.60. The summed E-state index contributed by atoms with van der Waals surface area (Å²) in [6, 6.07) is 0.